The van der Waals surface area contributed by atoms with Crippen LogP contribution >= 0.6 is 0 Å². The van der Waals surface area contributed by atoms with E-state index in [0.29, 0.717) is 22.0 Å². The van der Waals surface area contributed by atoms with Crippen molar-refractivity contribution in [3.05, 3.63) is 110 Å². The Kier molecular flexibility index (Phi) is 4.44. The molecule has 7 heteroatoms. The molecule has 0 amide bonds. The fraction of sp³-hybridized carbons (Fsp3) is 0.0400. The number of hydrogen-bond acceptors (Lipinski definition) is 7. The van der Waals surface area contributed by atoms with Gasteiger partial charge in [0.2, 0.25) is 0 Å². The molecule has 0 atom stereocenters. The summed E-state index contributed by atoms with van der Waals surface area (Å²) in [5.74, 6) is -1.90. The van der Waals surface area contributed by atoms with E-state index in [-0.39, 0.29) is 33.8 Å². The largest absolute Gasteiger partial charge is 0.507 e. The number of benzene rings is 3. The molecular formula is C25H17NO6. The third-order valence-corrected chi connectivity index (χ3v) is 5.46. The first kappa shape index (κ1) is 19.4. The minimum Gasteiger partial charge on any atom is -0.507 e. The topological polar surface area (TPSA) is 127 Å². The number of aromatic hydroxyl groups is 2. The maximum Gasteiger partial charge on any atom is 0.344 e. The number of nitrogen functional groups attached to an aromatic ring is 1. The van der Waals surface area contributed by atoms with Crippen LogP contribution in [0.5, 0.6) is 11.5 Å². The summed E-state index contributed by atoms with van der Waals surface area (Å²) in [5, 5.41) is 22.7. The highest BCUT2D eigenvalue weighted by atomic mass is 16.4. The summed E-state index contributed by atoms with van der Waals surface area (Å²) < 4.78 is 10.9. The zero-order valence-electron chi connectivity index (χ0n) is 16.6. The maximum atomic E-state index is 13.0. The summed E-state index contributed by atoms with van der Waals surface area (Å²) in [4.78, 5) is 26.1. The monoisotopic (exact) mass is 427 g/mol. The Bertz CT molecular complexity index is 1520. The van der Waals surface area contributed by atoms with Gasteiger partial charge in [0, 0.05) is 5.69 Å². The van der Waals surface area contributed by atoms with Gasteiger partial charge in [-0.15, -0.1) is 0 Å². The van der Waals surface area contributed by atoms with Crippen molar-refractivity contribution in [1.82, 2.24) is 0 Å². The van der Waals surface area contributed by atoms with Crippen LogP contribution < -0.4 is 17.0 Å². The molecule has 3 aromatic carbocycles. The lowest BCUT2D eigenvalue weighted by Crippen LogP contribution is -2.21. The van der Waals surface area contributed by atoms with E-state index in [1.165, 1.54) is 0 Å². The standard InChI is InChI=1S/C25H17NO6/c26-14-7-5-6-13(12-14)19(20-22(27)15-8-1-3-10-17(15)31-24(20)29)21-23(28)16-9-2-4-11-18(16)32-25(21)30/h1-12,19,27-28H,26H2. The van der Waals surface area contributed by atoms with Gasteiger partial charge in [-0.25, -0.2) is 9.59 Å². The van der Waals surface area contributed by atoms with E-state index in [1.54, 1.807) is 72.8 Å². The van der Waals surface area contributed by atoms with Gasteiger partial charge in [0.15, 0.2) is 0 Å². The summed E-state index contributed by atoms with van der Waals surface area (Å²) >= 11 is 0. The lowest BCUT2D eigenvalue weighted by atomic mass is 9.84. The molecule has 0 saturated heterocycles. The van der Waals surface area contributed by atoms with E-state index in [2.05, 4.69) is 0 Å². The number of fused-ring (bicyclic) bond motifs is 2. The van der Waals surface area contributed by atoms with Crippen molar-refractivity contribution in [3.63, 3.8) is 0 Å². The van der Waals surface area contributed by atoms with Gasteiger partial charge in [0.1, 0.15) is 22.7 Å². The highest BCUT2D eigenvalue weighted by molar-refractivity contribution is 5.87. The minimum atomic E-state index is -1.19. The molecule has 7 nitrogen and oxygen atoms in total. The van der Waals surface area contributed by atoms with Crippen molar-refractivity contribution in [3.8, 4) is 11.5 Å². The van der Waals surface area contributed by atoms with Crippen LogP contribution in [0, 0.1) is 0 Å². The second-order valence-corrected chi connectivity index (χ2v) is 7.40. The van der Waals surface area contributed by atoms with Gasteiger partial charge in [0.25, 0.3) is 0 Å². The van der Waals surface area contributed by atoms with E-state index in [1.807, 2.05) is 0 Å². The molecule has 5 rings (SSSR count). The van der Waals surface area contributed by atoms with Crippen molar-refractivity contribution >= 4 is 27.6 Å². The summed E-state index contributed by atoms with van der Waals surface area (Å²) in [6.07, 6.45) is 0. The van der Waals surface area contributed by atoms with Crippen LogP contribution in [0.2, 0.25) is 0 Å². The third-order valence-electron chi connectivity index (χ3n) is 5.46. The zero-order valence-corrected chi connectivity index (χ0v) is 16.6. The van der Waals surface area contributed by atoms with Gasteiger partial charge >= 0.3 is 11.3 Å². The maximum absolute atomic E-state index is 13.0. The van der Waals surface area contributed by atoms with E-state index >= 15 is 0 Å². The zero-order chi connectivity index (χ0) is 22.4. The van der Waals surface area contributed by atoms with E-state index in [9.17, 15) is 19.8 Å². The van der Waals surface area contributed by atoms with Gasteiger partial charge < -0.3 is 24.8 Å². The van der Waals surface area contributed by atoms with E-state index < -0.39 is 17.2 Å². The van der Waals surface area contributed by atoms with Crippen LogP contribution in [0.3, 0.4) is 0 Å². The summed E-state index contributed by atoms with van der Waals surface area (Å²) in [6.45, 7) is 0. The van der Waals surface area contributed by atoms with Crippen molar-refractivity contribution in [2.75, 3.05) is 5.73 Å². The highest BCUT2D eigenvalue weighted by Gasteiger charge is 2.32. The van der Waals surface area contributed by atoms with Crippen molar-refractivity contribution in [1.29, 1.82) is 0 Å². The molecule has 0 aliphatic heterocycles. The lowest BCUT2D eigenvalue weighted by molar-refractivity contribution is 0.441. The number of anilines is 1. The van der Waals surface area contributed by atoms with Crippen molar-refractivity contribution in [2.45, 2.75) is 5.92 Å². The van der Waals surface area contributed by atoms with Crippen LogP contribution in [-0.4, -0.2) is 10.2 Å². The molecule has 0 spiro atoms. The molecule has 0 bridgehead atoms. The molecule has 2 heterocycles. The minimum absolute atomic E-state index is 0.194. The average Bonchev–Trinajstić information content (AvgIpc) is 2.78. The Morgan fingerprint density at radius 3 is 1.69 bits per heavy atom. The van der Waals surface area contributed by atoms with E-state index in [0.717, 1.165) is 0 Å². The third kappa shape index (κ3) is 2.99. The van der Waals surface area contributed by atoms with Crippen LogP contribution in [-0.2, 0) is 0 Å². The van der Waals surface area contributed by atoms with Gasteiger partial charge in [0.05, 0.1) is 27.8 Å². The summed E-state index contributed by atoms with van der Waals surface area (Å²) in [5.41, 5.74) is 5.03. The molecule has 32 heavy (non-hydrogen) atoms. The number of rotatable bonds is 3. The predicted molar refractivity (Wildman–Crippen MR) is 120 cm³/mol. The highest BCUT2D eigenvalue weighted by Crippen LogP contribution is 2.42. The van der Waals surface area contributed by atoms with Gasteiger partial charge in [-0.3, -0.25) is 0 Å². The second-order valence-electron chi connectivity index (χ2n) is 7.40. The average molecular weight is 427 g/mol. The normalized spacial score (nSPS) is 11.4. The van der Waals surface area contributed by atoms with Gasteiger partial charge in [-0.2, -0.15) is 0 Å². The molecule has 0 radical (unpaired) electrons. The Balaban J connectivity index is 1.92. The van der Waals surface area contributed by atoms with Gasteiger partial charge in [-0.05, 0) is 42.0 Å². The summed E-state index contributed by atoms with van der Waals surface area (Å²) in [6, 6.07) is 19.5. The first-order chi connectivity index (χ1) is 15.5. The smallest absolute Gasteiger partial charge is 0.344 e. The lowest BCUT2D eigenvalue weighted by Gasteiger charge is -2.20. The van der Waals surface area contributed by atoms with Crippen molar-refractivity contribution in [2.24, 2.45) is 0 Å². The number of para-hydroxylation sites is 2. The van der Waals surface area contributed by atoms with Crippen molar-refractivity contribution < 1.29 is 19.0 Å². The molecule has 0 saturated carbocycles. The Hall–Kier alpha value is -4.52. The Morgan fingerprint density at radius 2 is 1.19 bits per heavy atom. The second kappa shape index (κ2) is 7.31. The molecule has 0 unspecified atom stereocenters. The fourth-order valence-electron chi connectivity index (χ4n) is 4.02. The van der Waals surface area contributed by atoms with Gasteiger partial charge in [-0.1, -0.05) is 36.4 Å². The van der Waals surface area contributed by atoms with Crippen LogP contribution in [0.4, 0.5) is 5.69 Å². The molecule has 5 aromatic rings. The Morgan fingerprint density at radius 1 is 0.688 bits per heavy atom. The van der Waals surface area contributed by atoms with Crippen LogP contribution in [0.1, 0.15) is 22.6 Å². The molecule has 2 aromatic heterocycles. The quantitative estimate of drug-likeness (QED) is 0.292. The summed E-state index contributed by atoms with van der Waals surface area (Å²) in [7, 11) is 0. The molecule has 0 fully saturated rings. The van der Waals surface area contributed by atoms with Crippen LogP contribution in [0.15, 0.2) is 91.2 Å². The fourth-order valence-corrected chi connectivity index (χ4v) is 4.02. The molecule has 158 valence electrons. The number of nitrogens with two attached hydrogens (primary N) is 1. The molecule has 0 aliphatic carbocycles. The van der Waals surface area contributed by atoms with Crippen LogP contribution in [0.25, 0.3) is 21.9 Å². The van der Waals surface area contributed by atoms with E-state index in [4.69, 9.17) is 14.6 Å². The first-order valence-corrected chi connectivity index (χ1v) is 9.80. The SMILES string of the molecule is Nc1cccc(C(c2c(O)c3ccccc3oc2=O)c2c(O)c3ccccc3oc2=O)c1. The molecule has 4 N–H and O–H groups in total. The molecular weight excluding hydrogens is 410 g/mol. The predicted octanol–water partition coefficient (Wildman–Crippen LogP) is 4.07. The number of hydrogen-bond donors (Lipinski definition) is 3. The first-order valence-electron chi connectivity index (χ1n) is 9.80. The Labute approximate surface area is 180 Å². The molecule has 0 aliphatic rings.